The van der Waals surface area contributed by atoms with Gasteiger partial charge >= 0.3 is 6.03 Å². The zero-order valence-corrected chi connectivity index (χ0v) is 32.1. The maximum Gasteiger partial charge on any atom is 0.328 e. The number of nitrogens with zero attached hydrogens (tertiary/aromatic N) is 7. The molecule has 4 aliphatic rings. The minimum absolute atomic E-state index is 0. The first kappa shape index (κ1) is 38.4. The normalized spacial score (nSPS) is 22.2. The summed E-state index contributed by atoms with van der Waals surface area (Å²) in [6.45, 7) is 5.31. The number of rotatable bonds is 9. The number of hydrogen-bond donors (Lipinski definition) is 2. The van der Waals surface area contributed by atoms with Crippen LogP contribution in [-0.4, -0.2) is 88.9 Å². The highest BCUT2D eigenvalue weighted by Gasteiger charge is 2.31. The van der Waals surface area contributed by atoms with Crippen molar-refractivity contribution in [2.24, 2.45) is 5.92 Å². The van der Waals surface area contributed by atoms with Crippen molar-refractivity contribution >= 4 is 64.3 Å². The number of carbonyl (C=O) groups excluding carboxylic acids is 3. The molecule has 5 heterocycles. The van der Waals surface area contributed by atoms with E-state index in [0.29, 0.717) is 47.0 Å². The largest absolute Gasteiger partial charge is 0.490 e. The zero-order valence-electron chi connectivity index (χ0n) is 30.5. The van der Waals surface area contributed by atoms with Crippen molar-refractivity contribution in [1.29, 1.82) is 5.26 Å². The van der Waals surface area contributed by atoms with Crippen LogP contribution in [0.5, 0.6) is 5.75 Å². The van der Waals surface area contributed by atoms with Crippen molar-refractivity contribution in [2.45, 2.75) is 69.6 Å². The summed E-state index contributed by atoms with van der Waals surface area (Å²) in [4.78, 5) is 43.8. The monoisotopic (exact) mass is 785 g/mol. The number of fused-ring (bicyclic) bond motifs is 1. The Hall–Kier alpha value is -4.90. The third kappa shape index (κ3) is 8.52. The third-order valence-corrected chi connectivity index (χ3v) is 11.7. The topological polar surface area (TPSA) is 149 Å². The highest BCUT2D eigenvalue weighted by Crippen LogP contribution is 2.34. The van der Waals surface area contributed by atoms with Crippen LogP contribution in [0, 0.1) is 17.2 Å². The molecule has 0 bridgehead atoms. The molecular weight excluding hydrogens is 741 g/mol. The average Bonchev–Trinajstić information content (AvgIpc) is 3.83. The molecule has 2 aromatic heterocycles. The quantitative estimate of drug-likeness (QED) is 0.205. The van der Waals surface area contributed by atoms with E-state index in [9.17, 15) is 14.4 Å². The Morgan fingerprint density at radius 3 is 2.51 bits per heavy atom. The number of amides is 4. The van der Waals surface area contributed by atoms with Gasteiger partial charge in [0.1, 0.15) is 11.8 Å². The van der Waals surface area contributed by atoms with Gasteiger partial charge in [-0.05, 0) is 93.3 Å². The van der Waals surface area contributed by atoms with Gasteiger partial charge in [0.05, 0.1) is 27.9 Å². The van der Waals surface area contributed by atoms with Gasteiger partial charge in [-0.1, -0.05) is 17.7 Å². The van der Waals surface area contributed by atoms with Crippen LogP contribution in [0.25, 0.3) is 10.9 Å². The SMILES string of the molecule is Cl.N#Cc1ccc(OC2CCC(NC(=O)c3ccc(N4CCC(CN5CC[C@@H](n6ccc7c(N8CCC(=O)NC8=O)cccc76)C5)CC4)nn3)CC2)cc1Cl. The predicted molar refractivity (Wildman–Crippen MR) is 212 cm³/mol. The molecule has 13 nitrogen and oxygen atoms in total. The summed E-state index contributed by atoms with van der Waals surface area (Å²) < 4.78 is 8.44. The minimum atomic E-state index is -0.359. The average molecular weight is 787 g/mol. The molecule has 2 aromatic carbocycles. The van der Waals surface area contributed by atoms with Crippen LogP contribution in [0.1, 0.15) is 73.5 Å². The molecule has 1 atom stereocenters. The van der Waals surface area contributed by atoms with E-state index in [4.69, 9.17) is 21.6 Å². The molecule has 3 aliphatic heterocycles. The van der Waals surface area contributed by atoms with Crippen LogP contribution in [0.15, 0.2) is 60.8 Å². The molecule has 1 aliphatic carbocycles. The molecule has 15 heteroatoms. The Balaban J connectivity index is 0.00000465. The maximum atomic E-state index is 13.0. The summed E-state index contributed by atoms with van der Waals surface area (Å²) >= 11 is 6.15. The Morgan fingerprint density at radius 1 is 0.964 bits per heavy atom. The van der Waals surface area contributed by atoms with E-state index in [-0.39, 0.29) is 42.4 Å². The molecule has 0 radical (unpaired) electrons. The van der Waals surface area contributed by atoms with Crippen LogP contribution in [0.2, 0.25) is 5.02 Å². The van der Waals surface area contributed by atoms with E-state index < -0.39 is 0 Å². The van der Waals surface area contributed by atoms with E-state index in [1.807, 2.05) is 18.2 Å². The summed E-state index contributed by atoms with van der Waals surface area (Å²) in [7, 11) is 0. The van der Waals surface area contributed by atoms with Crippen molar-refractivity contribution in [3.8, 4) is 11.8 Å². The van der Waals surface area contributed by atoms with Gasteiger partial charge in [0.2, 0.25) is 5.91 Å². The Labute approximate surface area is 331 Å². The fourth-order valence-corrected chi connectivity index (χ4v) is 8.70. The number of halogens is 2. The smallest absolute Gasteiger partial charge is 0.328 e. The fraction of sp³-hybridized carbons (Fsp3) is 0.450. The molecule has 0 unspecified atom stereocenters. The van der Waals surface area contributed by atoms with E-state index in [1.54, 1.807) is 29.2 Å². The Kier molecular flexibility index (Phi) is 11.8. The van der Waals surface area contributed by atoms with Crippen molar-refractivity contribution in [3.05, 3.63) is 77.1 Å². The Morgan fingerprint density at radius 2 is 1.78 bits per heavy atom. The summed E-state index contributed by atoms with van der Waals surface area (Å²) in [5, 5.41) is 24.8. The number of urea groups is 1. The summed E-state index contributed by atoms with van der Waals surface area (Å²) in [6.07, 6.45) is 8.91. The second-order valence-corrected chi connectivity index (χ2v) is 15.3. The van der Waals surface area contributed by atoms with E-state index >= 15 is 0 Å². The number of carbonyl (C=O) groups is 3. The molecule has 3 saturated heterocycles. The molecule has 1 saturated carbocycles. The van der Waals surface area contributed by atoms with Gasteiger partial charge in [-0.25, -0.2) is 4.79 Å². The Bertz CT molecular complexity index is 2070. The first-order valence-corrected chi connectivity index (χ1v) is 19.4. The summed E-state index contributed by atoms with van der Waals surface area (Å²) in [5.74, 6) is 1.63. The molecule has 8 rings (SSSR count). The molecule has 4 aromatic rings. The number of anilines is 2. The van der Waals surface area contributed by atoms with Crippen LogP contribution >= 0.6 is 24.0 Å². The van der Waals surface area contributed by atoms with Gasteiger partial charge in [0.25, 0.3) is 5.91 Å². The first-order valence-electron chi connectivity index (χ1n) is 19.0. The van der Waals surface area contributed by atoms with E-state index in [1.165, 1.54) is 0 Å². The number of likely N-dealkylation sites (tertiary alicyclic amines) is 1. The van der Waals surface area contributed by atoms with E-state index in [2.05, 4.69) is 59.6 Å². The second kappa shape index (κ2) is 16.9. The minimum Gasteiger partial charge on any atom is -0.490 e. The van der Waals surface area contributed by atoms with Gasteiger partial charge in [-0.3, -0.25) is 19.8 Å². The van der Waals surface area contributed by atoms with Gasteiger partial charge in [0.15, 0.2) is 11.5 Å². The molecular formula is C40H45Cl2N9O4. The van der Waals surface area contributed by atoms with Crippen molar-refractivity contribution < 1.29 is 19.1 Å². The van der Waals surface area contributed by atoms with Crippen LogP contribution in [-0.2, 0) is 4.79 Å². The van der Waals surface area contributed by atoms with Gasteiger partial charge < -0.3 is 24.4 Å². The van der Waals surface area contributed by atoms with Crippen molar-refractivity contribution in [3.63, 3.8) is 0 Å². The van der Waals surface area contributed by atoms with Gasteiger partial charge in [0, 0.05) is 75.4 Å². The fourth-order valence-electron chi connectivity index (χ4n) is 8.49. The number of imide groups is 1. The van der Waals surface area contributed by atoms with Gasteiger partial charge in [-0.15, -0.1) is 22.6 Å². The lowest BCUT2D eigenvalue weighted by molar-refractivity contribution is -0.120. The molecule has 0 spiro atoms. The van der Waals surface area contributed by atoms with Gasteiger partial charge in [-0.2, -0.15) is 5.26 Å². The van der Waals surface area contributed by atoms with Crippen molar-refractivity contribution in [2.75, 3.05) is 49.1 Å². The maximum absolute atomic E-state index is 13.0. The number of ether oxygens (including phenoxy) is 1. The number of nitriles is 1. The third-order valence-electron chi connectivity index (χ3n) is 11.4. The van der Waals surface area contributed by atoms with Crippen LogP contribution < -0.4 is 25.2 Å². The summed E-state index contributed by atoms with van der Waals surface area (Å²) in [5.41, 5.74) is 2.70. The molecule has 4 amide bonds. The number of nitrogens with one attached hydrogen (secondary N) is 2. The predicted octanol–water partition coefficient (Wildman–Crippen LogP) is 6.11. The van der Waals surface area contributed by atoms with Crippen LogP contribution in [0.4, 0.5) is 16.3 Å². The molecule has 55 heavy (non-hydrogen) atoms. The number of piperidine rings is 1. The highest BCUT2D eigenvalue weighted by molar-refractivity contribution is 6.31. The first-order chi connectivity index (χ1) is 26.3. The lowest BCUT2D eigenvalue weighted by Crippen LogP contribution is -2.49. The summed E-state index contributed by atoms with van der Waals surface area (Å²) in [6, 6.07) is 19.1. The number of aromatic nitrogens is 3. The van der Waals surface area contributed by atoms with Crippen LogP contribution in [0.3, 0.4) is 0 Å². The molecule has 4 fully saturated rings. The van der Waals surface area contributed by atoms with Crippen molar-refractivity contribution in [1.82, 2.24) is 30.3 Å². The number of hydrogen-bond acceptors (Lipinski definition) is 9. The molecule has 288 valence electrons. The van der Waals surface area contributed by atoms with E-state index in [0.717, 1.165) is 100 Å². The standard InChI is InChI=1S/C40H44ClN9O4.ClH/c41-33-22-31(7-4-27(33)23-42)54-30-8-5-28(6-9-30)43-39(52)34-10-11-37(46-45-34)48-18-12-26(13-19-48)24-47-17-14-29(25-47)49-20-15-32-35(49)2-1-3-36(32)50-21-16-38(51)44-40(50)53;/h1-4,7,10-11,15,20,22,26,28-30H,5-6,8-9,12-14,16-19,21,24-25H2,(H,43,52)(H,44,51,53);1H/t28?,29-,30?;/m1./s1. The second-order valence-electron chi connectivity index (χ2n) is 14.9. The highest BCUT2D eigenvalue weighted by atomic mass is 35.5. The lowest BCUT2D eigenvalue weighted by Gasteiger charge is -2.34. The zero-order chi connectivity index (χ0) is 37.2. The molecule has 2 N–H and O–H groups in total. The number of benzene rings is 2. The lowest BCUT2D eigenvalue weighted by atomic mass is 9.93.